The van der Waals surface area contributed by atoms with Crippen LogP contribution >= 0.6 is 0 Å². The molecule has 0 aromatic heterocycles. The highest BCUT2D eigenvalue weighted by molar-refractivity contribution is 6.07. The Hall–Kier alpha value is -2.83. The van der Waals surface area contributed by atoms with Gasteiger partial charge in [0.15, 0.2) is 11.5 Å². The summed E-state index contributed by atoms with van der Waals surface area (Å²) in [7, 11) is 4.59. The summed E-state index contributed by atoms with van der Waals surface area (Å²) in [6.07, 6.45) is 6.46. The minimum Gasteiger partial charge on any atom is -0.496 e. The quantitative estimate of drug-likeness (QED) is 0.457. The summed E-state index contributed by atoms with van der Waals surface area (Å²) >= 11 is 0. The fourth-order valence-corrected chi connectivity index (χ4v) is 4.27. The number of amides is 2. The molecule has 2 aliphatic carbocycles. The van der Waals surface area contributed by atoms with Crippen LogP contribution in [0.15, 0.2) is 29.4 Å². The molecule has 0 N–H and O–H groups in total. The highest BCUT2D eigenvalue weighted by Crippen LogP contribution is 2.52. The van der Waals surface area contributed by atoms with E-state index >= 15 is 0 Å². The molecule has 1 aromatic rings. The smallest absolute Gasteiger partial charge is 0.254 e. The Morgan fingerprint density at radius 3 is 2.00 bits per heavy atom. The van der Waals surface area contributed by atoms with Crippen molar-refractivity contribution in [2.75, 3.05) is 21.3 Å². The molecular formula is C19H20N2O5. The van der Waals surface area contributed by atoms with Gasteiger partial charge in [0.25, 0.3) is 11.8 Å². The third-order valence-corrected chi connectivity index (χ3v) is 5.50. The second-order valence-electron chi connectivity index (χ2n) is 6.68. The van der Waals surface area contributed by atoms with Crippen LogP contribution in [0.1, 0.15) is 12.0 Å². The molecule has 136 valence electrons. The lowest BCUT2D eigenvalue weighted by atomic mass is 9.85. The lowest BCUT2D eigenvalue weighted by molar-refractivity contribution is -0.140. The lowest BCUT2D eigenvalue weighted by Crippen LogP contribution is -2.28. The van der Waals surface area contributed by atoms with Crippen molar-refractivity contribution in [1.82, 2.24) is 5.01 Å². The summed E-state index contributed by atoms with van der Waals surface area (Å²) < 4.78 is 15.9. The first-order valence-electron chi connectivity index (χ1n) is 8.49. The molecule has 7 heteroatoms. The maximum atomic E-state index is 12.7. The normalized spacial score (nSPS) is 29.0. The second-order valence-corrected chi connectivity index (χ2v) is 6.68. The van der Waals surface area contributed by atoms with Crippen molar-refractivity contribution in [2.24, 2.45) is 28.8 Å². The van der Waals surface area contributed by atoms with Gasteiger partial charge in [-0.25, -0.2) is 0 Å². The zero-order valence-electron chi connectivity index (χ0n) is 14.8. The Labute approximate surface area is 151 Å². The molecule has 2 fully saturated rings. The van der Waals surface area contributed by atoms with Gasteiger partial charge in [-0.2, -0.15) is 10.1 Å². The van der Waals surface area contributed by atoms with Crippen molar-refractivity contribution in [1.29, 1.82) is 0 Å². The van der Waals surface area contributed by atoms with Gasteiger partial charge in [0.05, 0.1) is 39.4 Å². The number of hydrogen-bond donors (Lipinski definition) is 0. The summed E-state index contributed by atoms with van der Waals surface area (Å²) in [5.41, 5.74) is 0.587. The van der Waals surface area contributed by atoms with Gasteiger partial charge in [0, 0.05) is 11.6 Å². The topological polar surface area (TPSA) is 77.4 Å². The molecule has 1 aliphatic heterocycles. The Morgan fingerprint density at radius 2 is 1.46 bits per heavy atom. The van der Waals surface area contributed by atoms with Gasteiger partial charge in [0.2, 0.25) is 0 Å². The first-order chi connectivity index (χ1) is 12.6. The van der Waals surface area contributed by atoms with E-state index in [2.05, 4.69) is 17.3 Å². The van der Waals surface area contributed by atoms with Gasteiger partial charge in [-0.1, -0.05) is 12.2 Å². The van der Waals surface area contributed by atoms with E-state index in [1.807, 2.05) is 0 Å². The zero-order chi connectivity index (χ0) is 18.4. The minimum absolute atomic E-state index is 0.164. The number of fused-ring (bicyclic) bond motifs is 5. The molecule has 4 atom stereocenters. The van der Waals surface area contributed by atoms with E-state index in [4.69, 9.17) is 14.2 Å². The Morgan fingerprint density at radius 1 is 0.923 bits per heavy atom. The van der Waals surface area contributed by atoms with Crippen LogP contribution in [0.4, 0.5) is 0 Å². The molecule has 4 unspecified atom stereocenters. The average Bonchev–Trinajstić information content (AvgIpc) is 3.34. The minimum atomic E-state index is -0.262. The molecule has 0 radical (unpaired) electrons. The number of hydrazone groups is 1. The fourth-order valence-electron chi connectivity index (χ4n) is 4.27. The first kappa shape index (κ1) is 16.6. The molecule has 7 nitrogen and oxygen atoms in total. The van der Waals surface area contributed by atoms with Crippen LogP contribution in [0, 0.1) is 23.7 Å². The van der Waals surface area contributed by atoms with Crippen LogP contribution in [-0.2, 0) is 9.59 Å². The molecule has 1 heterocycles. The first-order valence-corrected chi connectivity index (χ1v) is 8.49. The van der Waals surface area contributed by atoms with E-state index in [1.165, 1.54) is 27.5 Å². The Bertz CT molecular complexity index is 801. The summed E-state index contributed by atoms with van der Waals surface area (Å²) in [5, 5.41) is 5.19. The number of imide groups is 1. The van der Waals surface area contributed by atoms with E-state index in [1.54, 1.807) is 12.1 Å². The molecule has 1 saturated carbocycles. The van der Waals surface area contributed by atoms with Crippen molar-refractivity contribution in [2.45, 2.75) is 6.42 Å². The molecule has 1 saturated heterocycles. The van der Waals surface area contributed by atoms with Crippen LogP contribution in [0.5, 0.6) is 17.2 Å². The predicted molar refractivity (Wildman–Crippen MR) is 93.3 cm³/mol. The fraction of sp³-hybridized carbons (Fsp3) is 0.421. The number of nitrogens with zero attached hydrogens (tertiary/aromatic N) is 2. The largest absolute Gasteiger partial charge is 0.496 e. The Kier molecular flexibility index (Phi) is 3.94. The third kappa shape index (κ3) is 2.30. The molecule has 4 rings (SSSR count). The van der Waals surface area contributed by atoms with Crippen LogP contribution < -0.4 is 14.2 Å². The van der Waals surface area contributed by atoms with Gasteiger partial charge >= 0.3 is 0 Å². The van der Waals surface area contributed by atoms with E-state index in [0.717, 1.165) is 11.4 Å². The van der Waals surface area contributed by atoms with Crippen molar-refractivity contribution < 1.29 is 23.8 Å². The summed E-state index contributed by atoms with van der Waals surface area (Å²) in [6.45, 7) is 0. The monoisotopic (exact) mass is 356 g/mol. The number of carbonyl (C=O) groups excluding carboxylic acids is 2. The van der Waals surface area contributed by atoms with E-state index in [0.29, 0.717) is 22.8 Å². The Balaban J connectivity index is 1.63. The average molecular weight is 356 g/mol. The van der Waals surface area contributed by atoms with Gasteiger partial charge in [-0.05, 0) is 24.3 Å². The summed E-state index contributed by atoms with van der Waals surface area (Å²) in [6, 6.07) is 3.37. The van der Waals surface area contributed by atoms with Crippen LogP contribution in [-0.4, -0.2) is 44.4 Å². The van der Waals surface area contributed by atoms with Gasteiger partial charge in [0.1, 0.15) is 5.75 Å². The van der Waals surface area contributed by atoms with E-state index in [9.17, 15) is 9.59 Å². The van der Waals surface area contributed by atoms with Crippen LogP contribution in [0.25, 0.3) is 0 Å². The van der Waals surface area contributed by atoms with Gasteiger partial charge < -0.3 is 14.2 Å². The number of rotatable bonds is 5. The maximum Gasteiger partial charge on any atom is 0.254 e. The third-order valence-electron chi connectivity index (χ3n) is 5.50. The number of benzene rings is 1. The standard InChI is InChI=1S/C19H20N2O5/c1-24-13-8-15(26-3)14(25-2)7-12(13)9-20-21-18(22)16-10-4-5-11(6-10)17(16)19(21)23/h4-5,7-11,16-17H,6H2,1-3H3. The lowest BCUT2D eigenvalue weighted by Gasteiger charge is -2.13. The van der Waals surface area contributed by atoms with E-state index in [-0.39, 0.29) is 35.5 Å². The van der Waals surface area contributed by atoms with Crippen molar-refractivity contribution in [3.05, 3.63) is 29.8 Å². The number of carbonyl (C=O) groups is 2. The van der Waals surface area contributed by atoms with Crippen LogP contribution in [0.3, 0.4) is 0 Å². The number of hydrogen-bond acceptors (Lipinski definition) is 6. The summed E-state index contributed by atoms with van der Waals surface area (Å²) in [4.78, 5) is 25.3. The van der Waals surface area contributed by atoms with Crippen molar-refractivity contribution in [3.8, 4) is 17.2 Å². The molecule has 26 heavy (non-hydrogen) atoms. The van der Waals surface area contributed by atoms with Crippen molar-refractivity contribution >= 4 is 18.0 Å². The molecule has 2 bridgehead atoms. The summed E-state index contributed by atoms with van der Waals surface area (Å²) in [5.74, 6) is 0.908. The van der Waals surface area contributed by atoms with Crippen molar-refractivity contribution in [3.63, 3.8) is 0 Å². The zero-order valence-corrected chi connectivity index (χ0v) is 14.8. The van der Waals surface area contributed by atoms with Crippen LogP contribution in [0.2, 0.25) is 0 Å². The number of methoxy groups -OCH3 is 3. The molecule has 2 amide bonds. The molecule has 1 aromatic carbocycles. The van der Waals surface area contributed by atoms with E-state index < -0.39 is 0 Å². The second kappa shape index (κ2) is 6.16. The molecule has 0 spiro atoms. The molecule has 3 aliphatic rings. The van der Waals surface area contributed by atoms with Gasteiger partial charge in [-0.15, -0.1) is 0 Å². The highest BCUT2D eigenvalue weighted by atomic mass is 16.5. The molecular weight excluding hydrogens is 336 g/mol. The predicted octanol–water partition coefficient (Wildman–Crippen LogP) is 1.85. The SMILES string of the molecule is COc1cc(OC)c(OC)cc1C=NN1C(=O)C2C3C=CC(C3)C2C1=O. The highest BCUT2D eigenvalue weighted by Gasteiger charge is 2.59. The maximum absolute atomic E-state index is 12.7. The number of ether oxygens (including phenoxy) is 3. The number of allylic oxidation sites excluding steroid dienone is 2. The van der Waals surface area contributed by atoms with Gasteiger partial charge in [-0.3, -0.25) is 9.59 Å².